The number of carbonyl (C=O) groups excluding carboxylic acids is 1. The predicted octanol–water partition coefficient (Wildman–Crippen LogP) is 3.15. The monoisotopic (exact) mass is 326 g/mol. The Hall–Kier alpha value is -2.53. The highest BCUT2D eigenvalue weighted by Gasteiger charge is 2.12. The van der Waals surface area contributed by atoms with Crippen LogP contribution in [0, 0.1) is 13.8 Å². The van der Waals surface area contributed by atoms with Crippen molar-refractivity contribution >= 4 is 11.6 Å². The standard InChI is InChI=1S/C19H22N2O3/c1-13-3-5-16(9-14(13)2)21-19(22)7-8-20-11-15-4-6-17-18(10-15)24-12-23-17/h3-6,9-10,20H,7-8,11-12H2,1-2H3,(H,21,22). The molecule has 1 heterocycles. The van der Waals surface area contributed by atoms with E-state index < -0.39 is 0 Å². The molecule has 126 valence electrons. The minimum atomic E-state index is 0.0106. The molecule has 0 unspecified atom stereocenters. The van der Waals surface area contributed by atoms with E-state index in [1.807, 2.05) is 43.3 Å². The summed E-state index contributed by atoms with van der Waals surface area (Å²) in [5, 5.41) is 6.20. The summed E-state index contributed by atoms with van der Waals surface area (Å²) < 4.78 is 10.6. The highest BCUT2D eigenvalue weighted by atomic mass is 16.7. The molecule has 0 bridgehead atoms. The maximum absolute atomic E-state index is 12.0. The summed E-state index contributed by atoms with van der Waals surface area (Å²) in [5.41, 5.74) is 4.35. The Morgan fingerprint density at radius 3 is 2.71 bits per heavy atom. The van der Waals surface area contributed by atoms with Gasteiger partial charge in [0.25, 0.3) is 0 Å². The van der Waals surface area contributed by atoms with Gasteiger partial charge in [-0.2, -0.15) is 0 Å². The molecule has 0 radical (unpaired) electrons. The third-order valence-corrected chi connectivity index (χ3v) is 4.09. The molecule has 5 heteroatoms. The first kappa shape index (κ1) is 16.3. The molecule has 1 amide bonds. The molecule has 5 nitrogen and oxygen atoms in total. The smallest absolute Gasteiger partial charge is 0.231 e. The molecular formula is C19H22N2O3. The molecule has 1 aliphatic rings. The zero-order valence-electron chi connectivity index (χ0n) is 14.0. The maximum Gasteiger partial charge on any atom is 0.231 e. The molecule has 0 saturated carbocycles. The van der Waals surface area contributed by atoms with Gasteiger partial charge in [0.2, 0.25) is 12.7 Å². The topological polar surface area (TPSA) is 59.6 Å². The van der Waals surface area contributed by atoms with Gasteiger partial charge in [0.05, 0.1) is 0 Å². The van der Waals surface area contributed by atoms with Gasteiger partial charge in [-0.15, -0.1) is 0 Å². The Morgan fingerprint density at radius 1 is 1.04 bits per heavy atom. The van der Waals surface area contributed by atoms with Crippen LogP contribution in [-0.2, 0) is 11.3 Å². The van der Waals surface area contributed by atoms with Gasteiger partial charge in [0, 0.05) is 25.2 Å². The van der Waals surface area contributed by atoms with E-state index in [1.165, 1.54) is 11.1 Å². The number of carbonyl (C=O) groups is 1. The van der Waals surface area contributed by atoms with E-state index in [9.17, 15) is 4.79 Å². The highest BCUT2D eigenvalue weighted by molar-refractivity contribution is 5.90. The summed E-state index contributed by atoms with van der Waals surface area (Å²) in [5.74, 6) is 1.57. The second kappa shape index (κ2) is 7.36. The van der Waals surface area contributed by atoms with Crippen LogP contribution in [0.2, 0.25) is 0 Å². The van der Waals surface area contributed by atoms with E-state index in [2.05, 4.69) is 17.6 Å². The number of benzene rings is 2. The van der Waals surface area contributed by atoms with Crippen LogP contribution in [0.1, 0.15) is 23.1 Å². The fraction of sp³-hybridized carbons (Fsp3) is 0.316. The molecule has 0 spiro atoms. The van der Waals surface area contributed by atoms with Crippen molar-refractivity contribution in [1.82, 2.24) is 5.32 Å². The van der Waals surface area contributed by atoms with Gasteiger partial charge < -0.3 is 20.1 Å². The van der Waals surface area contributed by atoms with Gasteiger partial charge in [-0.25, -0.2) is 0 Å². The van der Waals surface area contributed by atoms with Crippen LogP contribution in [0.25, 0.3) is 0 Å². The largest absolute Gasteiger partial charge is 0.454 e. The summed E-state index contributed by atoms with van der Waals surface area (Å²) in [6, 6.07) is 11.8. The molecule has 24 heavy (non-hydrogen) atoms. The highest BCUT2D eigenvalue weighted by Crippen LogP contribution is 2.32. The lowest BCUT2D eigenvalue weighted by atomic mass is 10.1. The van der Waals surface area contributed by atoms with Crippen LogP contribution in [0.5, 0.6) is 11.5 Å². The lowest BCUT2D eigenvalue weighted by Crippen LogP contribution is -2.21. The maximum atomic E-state index is 12.0. The van der Waals surface area contributed by atoms with Gasteiger partial charge in [-0.05, 0) is 54.8 Å². The Kier molecular flexibility index (Phi) is 5.01. The molecular weight excluding hydrogens is 304 g/mol. The van der Waals surface area contributed by atoms with Crippen molar-refractivity contribution in [3.8, 4) is 11.5 Å². The Labute approximate surface area is 142 Å². The van der Waals surface area contributed by atoms with Gasteiger partial charge in [0.15, 0.2) is 11.5 Å². The SMILES string of the molecule is Cc1ccc(NC(=O)CCNCc2ccc3c(c2)OCO3)cc1C. The third kappa shape index (κ3) is 4.06. The van der Waals surface area contributed by atoms with Gasteiger partial charge in [0.1, 0.15) is 0 Å². The first-order valence-electron chi connectivity index (χ1n) is 8.08. The summed E-state index contributed by atoms with van der Waals surface area (Å²) >= 11 is 0. The number of anilines is 1. The number of hydrogen-bond donors (Lipinski definition) is 2. The molecule has 0 aromatic heterocycles. The van der Waals surface area contributed by atoms with Crippen molar-refractivity contribution in [1.29, 1.82) is 0 Å². The molecule has 0 fully saturated rings. The number of fused-ring (bicyclic) bond motifs is 1. The van der Waals surface area contributed by atoms with Crippen LogP contribution >= 0.6 is 0 Å². The number of aryl methyl sites for hydroxylation is 2. The third-order valence-electron chi connectivity index (χ3n) is 4.09. The summed E-state index contributed by atoms with van der Waals surface area (Å²) in [6.45, 7) is 5.68. The second-order valence-electron chi connectivity index (χ2n) is 5.96. The minimum absolute atomic E-state index is 0.0106. The molecule has 2 N–H and O–H groups in total. The van der Waals surface area contributed by atoms with Crippen molar-refractivity contribution in [2.24, 2.45) is 0 Å². The van der Waals surface area contributed by atoms with E-state index >= 15 is 0 Å². The lowest BCUT2D eigenvalue weighted by Gasteiger charge is -2.09. The van der Waals surface area contributed by atoms with Crippen LogP contribution in [-0.4, -0.2) is 19.2 Å². The van der Waals surface area contributed by atoms with Crippen LogP contribution < -0.4 is 20.1 Å². The van der Waals surface area contributed by atoms with Gasteiger partial charge >= 0.3 is 0 Å². The fourth-order valence-electron chi connectivity index (χ4n) is 2.53. The second-order valence-corrected chi connectivity index (χ2v) is 5.96. The Bertz CT molecular complexity index is 743. The molecule has 0 saturated heterocycles. The van der Waals surface area contributed by atoms with Crippen LogP contribution in [0.4, 0.5) is 5.69 Å². The van der Waals surface area contributed by atoms with E-state index in [0.717, 1.165) is 22.7 Å². The fourth-order valence-corrected chi connectivity index (χ4v) is 2.53. The van der Waals surface area contributed by atoms with E-state index in [1.54, 1.807) is 0 Å². The normalized spacial score (nSPS) is 12.2. The van der Waals surface area contributed by atoms with Gasteiger partial charge in [-0.1, -0.05) is 12.1 Å². The first-order chi connectivity index (χ1) is 11.6. The first-order valence-corrected chi connectivity index (χ1v) is 8.08. The zero-order chi connectivity index (χ0) is 16.9. The number of amides is 1. The summed E-state index contributed by atoms with van der Waals surface area (Å²) in [6.07, 6.45) is 0.428. The molecule has 2 aromatic carbocycles. The zero-order valence-corrected chi connectivity index (χ0v) is 14.0. The number of hydrogen-bond acceptors (Lipinski definition) is 4. The van der Waals surface area contributed by atoms with E-state index in [4.69, 9.17) is 9.47 Å². The molecule has 3 rings (SSSR count). The number of nitrogens with one attached hydrogen (secondary N) is 2. The van der Waals surface area contributed by atoms with Crippen molar-refractivity contribution in [2.75, 3.05) is 18.7 Å². The van der Waals surface area contributed by atoms with Crippen molar-refractivity contribution in [3.63, 3.8) is 0 Å². The minimum Gasteiger partial charge on any atom is -0.454 e. The summed E-state index contributed by atoms with van der Waals surface area (Å²) in [7, 11) is 0. The summed E-state index contributed by atoms with van der Waals surface area (Å²) in [4.78, 5) is 12.0. The van der Waals surface area contributed by atoms with Gasteiger partial charge in [-0.3, -0.25) is 4.79 Å². The predicted molar refractivity (Wildman–Crippen MR) is 93.4 cm³/mol. The number of ether oxygens (including phenoxy) is 2. The lowest BCUT2D eigenvalue weighted by molar-refractivity contribution is -0.116. The van der Waals surface area contributed by atoms with E-state index in [-0.39, 0.29) is 12.7 Å². The Morgan fingerprint density at radius 2 is 1.88 bits per heavy atom. The average Bonchev–Trinajstić information content (AvgIpc) is 3.03. The molecule has 2 aromatic rings. The molecule has 1 aliphatic heterocycles. The van der Waals surface area contributed by atoms with Crippen molar-refractivity contribution < 1.29 is 14.3 Å². The van der Waals surface area contributed by atoms with Crippen molar-refractivity contribution in [3.05, 3.63) is 53.1 Å². The average molecular weight is 326 g/mol. The van der Waals surface area contributed by atoms with E-state index in [0.29, 0.717) is 19.5 Å². The van der Waals surface area contributed by atoms with Crippen LogP contribution in [0.3, 0.4) is 0 Å². The van der Waals surface area contributed by atoms with Crippen molar-refractivity contribution in [2.45, 2.75) is 26.8 Å². The molecule has 0 atom stereocenters. The van der Waals surface area contributed by atoms with Crippen LogP contribution in [0.15, 0.2) is 36.4 Å². The Balaban J connectivity index is 1.41. The quantitative estimate of drug-likeness (QED) is 0.801. The number of rotatable bonds is 6. The molecule has 0 aliphatic carbocycles.